The summed E-state index contributed by atoms with van der Waals surface area (Å²) in [4.78, 5) is 13.1. The minimum atomic E-state index is -0.649. The van der Waals surface area contributed by atoms with Crippen molar-refractivity contribution in [2.24, 2.45) is 0 Å². The Kier molecular flexibility index (Phi) is 8.81. The van der Waals surface area contributed by atoms with Gasteiger partial charge in [0.1, 0.15) is 23.2 Å². The Morgan fingerprint density at radius 1 is 0.946 bits per heavy atom. The second-order valence-electron chi connectivity index (χ2n) is 8.66. The van der Waals surface area contributed by atoms with E-state index in [0.29, 0.717) is 10.6 Å². The van der Waals surface area contributed by atoms with Crippen LogP contribution in [-0.4, -0.2) is 55.9 Å². The molecule has 3 aromatic rings. The third-order valence-electron chi connectivity index (χ3n) is 6.38. The number of methoxy groups -OCH3 is 3. The highest BCUT2D eigenvalue weighted by atomic mass is 32.2. The van der Waals surface area contributed by atoms with Crippen molar-refractivity contribution in [1.82, 2.24) is 9.79 Å². The molecule has 37 heavy (non-hydrogen) atoms. The summed E-state index contributed by atoms with van der Waals surface area (Å²) < 4.78 is 24.5. The topological polar surface area (TPSA) is 89.5 Å². The molecule has 3 aromatic carbocycles. The average molecular weight is 525 g/mol. The molecule has 0 bridgehead atoms. The zero-order valence-corrected chi connectivity index (χ0v) is 22.3. The summed E-state index contributed by atoms with van der Waals surface area (Å²) >= 11 is 1.46. The molecule has 0 aromatic heterocycles. The second-order valence-corrected chi connectivity index (χ2v) is 9.80. The number of carbonyl (C=O) groups is 1. The second kappa shape index (κ2) is 12.2. The molecule has 1 aliphatic heterocycles. The molecule has 2 N–H and O–H groups in total. The molecule has 9 heteroatoms. The van der Waals surface area contributed by atoms with E-state index in [9.17, 15) is 10.0 Å². The van der Waals surface area contributed by atoms with E-state index in [1.54, 1.807) is 24.7 Å². The number of rotatable bonds is 9. The fourth-order valence-electron chi connectivity index (χ4n) is 4.38. The van der Waals surface area contributed by atoms with Crippen LogP contribution in [0.1, 0.15) is 28.8 Å². The highest BCUT2D eigenvalue weighted by Gasteiger charge is 2.26. The molecular weight excluding hydrogens is 492 g/mol. The van der Waals surface area contributed by atoms with Gasteiger partial charge in [0.15, 0.2) is 11.5 Å². The first-order chi connectivity index (χ1) is 18.0. The Morgan fingerprint density at radius 3 is 2.27 bits per heavy atom. The van der Waals surface area contributed by atoms with Gasteiger partial charge in [0, 0.05) is 18.0 Å². The molecule has 1 aliphatic rings. The average Bonchev–Trinajstić information content (AvgIpc) is 2.94. The minimum absolute atomic E-state index is 0.104. The summed E-state index contributed by atoms with van der Waals surface area (Å²) in [5.41, 5.74) is 5.39. The molecule has 0 atom stereocenters. The first-order valence-electron chi connectivity index (χ1n) is 12.0. The monoisotopic (exact) mass is 524 g/mol. The molecule has 0 radical (unpaired) electrons. The molecule has 0 aliphatic carbocycles. The smallest absolute Gasteiger partial charge is 0.279 e. The largest absolute Gasteiger partial charge is 0.497 e. The number of aryl methyl sites for hydroxylation is 1. The molecule has 0 saturated carbocycles. The third-order valence-corrected chi connectivity index (χ3v) is 7.54. The van der Waals surface area contributed by atoms with Crippen LogP contribution in [0.5, 0.6) is 23.0 Å². The predicted molar refractivity (Wildman–Crippen MR) is 143 cm³/mol. The van der Waals surface area contributed by atoms with E-state index in [1.807, 2.05) is 24.3 Å². The van der Waals surface area contributed by atoms with E-state index in [2.05, 4.69) is 29.4 Å². The quantitative estimate of drug-likeness (QED) is 0.220. The third kappa shape index (κ3) is 6.12. The van der Waals surface area contributed by atoms with Crippen LogP contribution in [0.15, 0.2) is 59.5 Å². The number of carbonyl (C=O) groups excluding carboxylic acids is 1. The van der Waals surface area contributed by atoms with Gasteiger partial charge in [0.25, 0.3) is 5.91 Å². The lowest BCUT2D eigenvalue weighted by Crippen LogP contribution is -2.34. The van der Waals surface area contributed by atoms with E-state index in [0.717, 1.165) is 48.6 Å². The number of nitrogens with zero attached hydrogens (tertiary/aromatic N) is 1. The number of hydrogen-bond acceptors (Lipinski definition) is 8. The van der Waals surface area contributed by atoms with Gasteiger partial charge in [-0.1, -0.05) is 18.2 Å². The van der Waals surface area contributed by atoms with Crippen molar-refractivity contribution in [2.75, 3.05) is 34.4 Å². The van der Waals surface area contributed by atoms with Gasteiger partial charge in [-0.3, -0.25) is 10.0 Å². The van der Waals surface area contributed by atoms with Gasteiger partial charge < -0.3 is 18.9 Å². The number of amides is 1. The van der Waals surface area contributed by atoms with E-state index in [-0.39, 0.29) is 17.4 Å². The molecule has 0 unspecified atom stereocenters. The molecule has 1 amide bonds. The zero-order chi connectivity index (χ0) is 26.4. The lowest BCUT2D eigenvalue weighted by molar-refractivity contribution is 0.0698. The van der Waals surface area contributed by atoms with Gasteiger partial charge in [0.2, 0.25) is 0 Å². The summed E-state index contributed by atoms with van der Waals surface area (Å²) in [5.74, 6) is 1.74. The Hall–Kier alpha value is -3.40. The van der Waals surface area contributed by atoms with Gasteiger partial charge in [-0.2, -0.15) is 0 Å². The van der Waals surface area contributed by atoms with Crippen LogP contribution in [0.2, 0.25) is 0 Å². The summed E-state index contributed by atoms with van der Waals surface area (Å²) in [5, 5.41) is 9.25. The maximum absolute atomic E-state index is 12.4. The van der Waals surface area contributed by atoms with Gasteiger partial charge in [-0.05, 0) is 84.8 Å². The van der Waals surface area contributed by atoms with E-state index in [4.69, 9.17) is 18.9 Å². The molecule has 1 heterocycles. The first-order valence-corrected chi connectivity index (χ1v) is 12.8. The number of benzene rings is 3. The summed E-state index contributed by atoms with van der Waals surface area (Å²) in [6, 6.07) is 17.8. The lowest BCUT2D eigenvalue weighted by Gasteiger charge is -2.31. The SMILES string of the molecule is COc1ccc(C)c(-c2ccc(OC3CCN(Sc4ccc(OC)c(OC)c4C(=O)NO)CC3)cc2)c1. The normalized spacial score (nSPS) is 14.2. The predicted octanol–water partition coefficient (Wildman–Crippen LogP) is 5.36. The van der Waals surface area contributed by atoms with Crippen molar-refractivity contribution in [3.63, 3.8) is 0 Å². The Labute approximate surface area is 221 Å². The summed E-state index contributed by atoms with van der Waals surface area (Å²) in [6.07, 6.45) is 1.80. The van der Waals surface area contributed by atoms with E-state index >= 15 is 0 Å². The molecule has 1 saturated heterocycles. The summed E-state index contributed by atoms with van der Waals surface area (Å²) in [6.45, 7) is 3.65. The Bertz CT molecular complexity index is 1230. The highest BCUT2D eigenvalue weighted by molar-refractivity contribution is 7.97. The Morgan fingerprint density at radius 2 is 1.65 bits per heavy atom. The maximum Gasteiger partial charge on any atom is 0.279 e. The van der Waals surface area contributed by atoms with Crippen LogP contribution in [0.25, 0.3) is 11.1 Å². The molecule has 196 valence electrons. The molecule has 4 rings (SSSR count). The van der Waals surface area contributed by atoms with Crippen molar-refractivity contribution in [3.05, 3.63) is 65.7 Å². The fourth-order valence-corrected chi connectivity index (χ4v) is 5.46. The van der Waals surface area contributed by atoms with Gasteiger partial charge in [-0.25, -0.2) is 9.79 Å². The van der Waals surface area contributed by atoms with Crippen LogP contribution >= 0.6 is 11.9 Å². The van der Waals surface area contributed by atoms with Crippen LogP contribution in [-0.2, 0) is 0 Å². The van der Waals surface area contributed by atoms with Crippen LogP contribution in [0, 0.1) is 6.92 Å². The van der Waals surface area contributed by atoms with E-state index < -0.39 is 5.91 Å². The standard InChI is InChI=1S/C28H32N2O6S/c1-18-5-8-22(33-2)17-23(18)19-6-9-20(10-7-19)36-21-13-15-30(16-14-21)37-25-12-11-24(34-3)27(35-4)26(25)28(31)29-32/h5-12,17,21,32H,13-16H2,1-4H3,(H,29,31). The number of nitrogens with one attached hydrogen (secondary N) is 1. The lowest BCUT2D eigenvalue weighted by atomic mass is 10.0. The van der Waals surface area contributed by atoms with Crippen molar-refractivity contribution in [1.29, 1.82) is 0 Å². The number of piperidine rings is 1. The number of ether oxygens (including phenoxy) is 4. The summed E-state index contributed by atoms with van der Waals surface area (Å²) in [7, 11) is 4.64. The number of hydroxylamine groups is 1. The maximum atomic E-state index is 12.4. The minimum Gasteiger partial charge on any atom is -0.497 e. The van der Waals surface area contributed by atoms with Crippen molar-refractivity contribution < 1.29 is 28.9 Å². The van der Waals surface area contributed by atoms with E-state index in [1.165, 1.54) is 31.7 Å². The molecule has 8 nitrogen and oxygen atoms in total. The van der Waals surface area contributed by atoms with Crippen LogP contribution in [0.4, 0.5) is 0 Å². The van der Waals surface area contributed by atoms with Gasteiger partial charge in [-0.15, -0.1) is 0 Å². The van der Waals surface area contributed by atoms with Crippen LogP contribution in [0.3, 0.4) is 0 Å². The molecular formula is C28H32N2O6S. The van der Waals surface area contributed by atoms with Crippen LogP contribution < -0.4 is 24.4 Å². The first kappa shape index (κ1) is 26.7. The molecule has 1 fully saturated rings. The van der Waals surface area contributed by atoms with Crippen molar-refractivity contribution >= 4 is 17.9 Å². The number of hydrogen-bond donors (Lipinski definition) is 2. The highest BCUT2D eigenvalue weighted by Crippen LogP contribution is 2.39. The zero-order valence-electron chi connectivity index (χ0n) is 21.4. The molecule has 0 spiro atoms. The Balaban J connectivity index is 1.38. The van der Waals surface area contributed by atoms with Crippen molar-refractivity contribution in [2.45, 2.75) is 30.8 Å². The van der Waals surface area contributed by atoms with Crippen molar-refractivity contribution in [3.8, 4) is 34.1 Å². The van der Waals surface area contributed by atoms with Gasteiger partial charge in [0.05, 0.1) is 21.3 Å². The van der Waals surface area contributed by atoms with Gasteiger partial charge >= 0.3 is 0 Å². The fraction of sp³-hybridized carbons (Fsp3) is 0.321.